The highest BCUT2D eigenvalue weighted by Crippen LogP contribution is 2.16. The Morgan fingerprint density at radius 1 is 1.17 bits per heavy atom. The van der Waals surface area contributed by atoms with E-state index in [1.54, 1.807) is 23.0 Å². The lowest BCUT2D eigenvalue weighted by molar-refractivity contribution is -0.0704. The standard InChI is InChI=1S/C22H27N5O2/c1-15-12-26(13-16(2)29-15)14-19-7-5-18(6-8-19)11-24-22(28)20-17(3)25-27-10-4-9-23-21(20)27/h4-10,15-16H,11-14H2,1-3H3,(H,24,28). The van der Waals surface area contributed by atoms with Gasteiger partial charge in [-0.05, 0) is 38.0 Å². The van der Waals surface area contributed by atoms with Gasteiger partial charge >= 0.3 is 0 Å². The van der Waals surface area contributed by atoms with Crippen LogP contribution in [-0.4, -0.2) is 50.7 Å². The predicted molar refractivity (Wildman–Crippen MR) is 111 cm³/mol. The van der Waals surface area contributed by atoms with Gasteiger partial charge < -0.3 is 10.1 Å². The summed E-state index contributed by atoms with van der Waals surface area (Å²) >= 11 is 0. The summed E-state index contributed by atoms with van der Waals surface area (Å²) in [6, 6.07) is 10.2. The van der Waals surface area contributed by atoms with Crippen LogP contribution in [0, 0.1) is 6.92 Å². The van der Waals surface area contributed by atoms with E-state index >= 15 is 0 Å². The zero-order chi connectivity index (χ0) is 20.4. The number of ether oxygens (including phenoxy) is 1. The van der Waals surface area contributed by atoms with Crippen molar-refractivity contribution in [1.29, 1.82) is 0 Å². The number of aromatic nitrogens is 3. The van der Waals surface area contributed by atoms with Gasteiger partial charge in [0.25, 0.3) is 5.91 Å². The Morgan fingerprint density at radius 3 is 2.59 bits per heavy atom. The van der Waals surface area contributed by atoms with Crippen LogP contribution in [0.3, 0.4) is 0 Å². The first kappa shape index (κ1) is 19.5. The first-order valence-corrected chi connectivity index (χ1v) is 10.0. The number of carbonyl (C=O) groups is 1. The highest BCUT2D eigenvalue weighted by Gasteiger charge is 2.22. The molecule has 0 saturated carbocycles. The number of rotatable bonds is 5. The molecule has 2 atom stereocenters. The number of aryl methyl sites for hydroxylation is 1. The summed E-state index contributed by atoms with van der Waals surface area (Å²) in [6.45, 7) is 9.35. The van der Waals surface area contributed by atoms with Crippen LogP contribution >= 0.6 is 0 Å². The van der Waals surface area contributed by atoms with E-state index in [1.165, 1.54) is 5.56 Å². The van der Waals surface area contributed by atoms with Gasteiger partial charge in [0, 0.05) is 38.6 Å². The summed E-state index contributed by atoms with van der Waals surface area (Å²) in [7, 11) is 0. The maximum atomic E-state index is 12.7. The van der Waals surface area contributed by atoms with Gasteiger partial charge in [-0.1, -0.05) is 24.3 Å². The lowest BCUT2D eigenvalue weighted by Gasteiger charge is -2.35. The molecule has 7 heteroatoms. The molecule has 0 radical (unpaired) electrons. The van der Waals surface area contributed by atoms with Crippen LogP contribution in [0.5, 0.6) is 0 Å². The number of hydrogen-bond donors (Lipinski definition) is 1. The van der Waals surface area contributed by atoms with E-state index in [-0.39, 0.29) is 18.1 Å². The Kier molecular flexibility index (Phi) is 5.60. The molecule has 1 aliphatic heterocycles. The summed E-state index contributed by atoms with van der Waals surface area (Å²) in [5.74, 6) is -0.156. The van der Waals surface area contributed by atoms with Crippen molar-refractivity contribution in [2.24, 2.45) is 0 Å². The van der Waals surface area contributed by atoms with Crippen molar-refractivity contribution < 1.29 is 9.53 Å². The lowest BCUT2D eigenvalue weighted by atomic mass is 10.1. The van der Waals surface area contributed by atoms with Gasteiger partial charge in [0.1, 0.15) is 5.56 Å². The molecule has 0 aliphatic carbocycles. The molecule has 0 spiro atoms. The quantitative estimate of drug-likeness (QED) is 0.721. The van der Waals surface area contributed by atoms with Crippen LogP contribution in [0.25, 0.3) is 5.65 Å². The minimum atomic E-state index is -0.156. The summed E-state index contributed by atoms with van der Waals surface area (Å²) in [5, 5.41) is 7.33. The normalized spacial score (nSPS) is 20.1. The first-order valence-electron chi connectivity index (χ1n) is 10.0. The molecule has 1 amide bonds. The van der Waals surface area contributed by atoms with Crippen molar-refractivity contribution in [3.05, 3.63) is 65.1 Å². The molecule has 1 saturated heterocycles. The van der Waals surface area contributed by atoms with E-state index in [1.807, 2.05) is 6.92 Å². The monoisotopic (exact) mass is 393 g/mol. The van der Waals surface area contributed by atoms with Crippen LogP contribution in [0.1, 0.15) is 41.0 Å². The molecule has 2 unspecified atom stereocenters. The van der Waals surface area contributed by atoms with Crippen LogP contribution in [0.4, 0.5) is 0 Å². The molecule has 1 aromatic carbocycles. The second-order valence-corrected chi connectivity index (χ2v) is 7.80. The van der Waals surface area contributed by atoms with E-state index in [9.17, 15) is 4.79 Å². The van der Waals surface area contributed by atoms with Crippen molar-refractivity contribution in [2.45, 2.75) is 46.1 Å². The summed E-state index contributed by atoms with van der Waals surface area (Å²) in [5.41, 5.74) is 4.10. The van der Waals surface area contributed by atoms with Gasteiger partial charge in [-0.3, -0.25) is 9.69 Å². The molecule has 2 aromatic heterocycles. The Labute approximate surface area is 170 Å². The fourth-order valence-corrected chi connectivity index (χ4v) is 3.97. The lowest BCUT2D eigenvalue weighted by Crippen LogP contribution is -2.44. The predicted octanol–water partition coefficient (Wildman–Crippen LogP) is 2.58. The van der Waals surface area contributed by atoms with Crippen molar-refractivity contribution in [2.75, 3.05) is 13.1 Å². The Morgan fingerprint density at radius 2 is 1.86 bits per heavy atom. The third-order valence-corrected chi connectivity index (χ3v) is 5.17. The number of amides is 1. The number of benzene rings is 1. The summed E-state index contributed by atoms with van der Waals surface area (Å²) in [6.07, 6.45) is 4.00. The molecule has 1 N–H and O–H groups in total. The van der Waals surface area contributed by atoms with E-state index in [0.717, 1.165) is 25.2 Å². The third kappa shape index (κ3) is 4.46. The summed E-state index contributed by atoms with van der Waals surface area (Å²) < 4.78 is 7.43. The third-order valence-electron chi connectivity index (χ3n) is 5.17. The van der Waals surface area contributed by atoms with Gasteiger partial charge in [0.2, 0.25) is 0 Å². The maximum absolute atomic E-state index is 12.7. The SMILES string of the molecule is Cc1nn2cccnc2c1C(=O)NCc1ccc(CN2CC(C)OC(C)C2)cc1. The molecule has 29 heavy (non-hydrogen) atoms. The number of nitrogens with one attached hydrogen (secondary N) is 1. The zero-order valence-corrected chi connectivity index (χ0v) is 17.1. The van der Waals surface area contributed by atoms with E-state index in [2.05, 4.69) is 58.4 Å². The largest absolute Gasteiger partial charge is 0.373 e. The van der Waals surface area contributed by atoms with Crippen LogP contribution in [-0.2, 0) is 17.8 Å². The van der Waals surface area contributed by atoms with Crippen LogP contribution < -0.4 is 5.32 Å². The maximum Gasteiger partial charge on any atom is 0.257 e. The summed E-state index contributed by atoms with van der Waals surface area (Å²) in [4.78, 5) is 19.4. The van der Waals surface area contributed by atoms with Crippen molar-refractivity contribution >= 4 is 11.6 Å². The molecule has 7 nitrogen and oxygen atoms in total. The molecule has 1 fully saturated rings. The van der Waals surface area contributed by atoms with E-state index in [4.69, 9.17) is 4.74 Å². The molecular weight excluding hydrogens is 366 g/mol. The number of morpholine rings is 1. The smallest absolute Gasteiger partial charge is 0.257 e. The molecule has 3 aromatic rings. The number of carbonyl (C=O) groups excluding carboxylic acids is 1. The van der Waals surface area contributed by atoms with Crippen molar-refractivity contribution in [3.8, 4) is 0 Å². The average molecular weight is 393 g/mol. The molecule has 152 valence electrons. The van der Waals surface area contributed by atoms with Gasteiger partial charge in [-0.15, -0.1) is 0 Å². The van der Waals surface area contributed by atoms with Crippen LogP contribution in [0.2, 0.25) is 0 Å². The average Bonchev–Trinajstić information content (AvgIpc) is 3.02. The zero-order valence-electron chi connectivity index (χ0n) is 17.1. The Bertz CT molecular complexity index is 988. The highest BCUT2D eigenvalue weighted by atomic mass is 16.5. The van der Waals surface area contributed by atoms with E-state index < -0.39 is 0 Å². The Hall–Kier alpha value is -2.77. The molecule has 1 aliphatic rings. The number of fused-ring (bicyclic) bond motifs is 1. The van der Waals surface area contributed by atoms with Gasteiger partial charge in [0.15, 0.2) is 5.65 Å². The van der Waals surface area contributed by atoms with Gasteiger partial charge in [-0.25, -0.2) is 9.50 Å². The molecule has 3 heterocycles. The number of hydrogen-bond acceptors (Lipinski definition) is 5. The van der Waals surface area contributed by atoms with Gasteiger partial charge in [-0.2, -0.15) is 5.10 Å². The minimum Gasteiger partial charge on any atom is -0.373 e. The van der Waals surface area contributed by atoms with Crippen molar-refractivity contribution in [1.82, 2.24) is 24.8 Å². The molecule has 0 bridgehead atoms. The number of nitrogens with zero attached hydrogens (tertiary/aromatic N) is 4. The molecule has 4 rings (SSSR count). The minimum absolute atomic E-state index is 0.156. The second-order valence-electron chi connectivity index (χ2n) is 7.80. The fourth-order valence-electron chi connectivity index (χ4n) is 3.97. The van der Waals surface area contributed by atoms with E-state index in [0.29, 0.717) is 23.4 Å². The van der Waals surface area contributed by atoms with Gasteiger partial charge in [0.05, 0.1) is 17.9 Å². The molecular formula is C22H27N5O2. The van der Waals surface area contributed by atoms with Crippen LogP contribution in [0.15, 0.2) is 42.7 Å². The topological polar surface area (TPSA) is 71.8 Å². The Balaban J connectivity index is 1.36. The van der Waals surface area contributed by atoms with Crippen molar-refractivity contribution in [3.63, 3.8) is 0 Å². The fraction of sp³-hybridized carbons (Fsp3) is 0.409. The second kappa shape index (κ2) is 8.31. The first-order chi connectivity index (χ1) is 14.0. The highest BCUT2D eigenvalue weighted by molar-refractivity contribution is 6.00.